The molecule has 2 aliphatic rings. The highest BCUT2D eigenvalue weighted by molar-refractivity contribution is 5.76. The lowest BCUT2D eigenvalue weighted by molar-refractivity contribution is -0.130. The van der Waals surface area contributed by atoms with Crippen LogP contribution in [0.4, 0.5) is 4.79 Å². The molecule has 2 fully saturated rings. The van der Waals surface area contributed by atoms with Gasteiger partial charge in [0.05, 0.1) is 0 Å². The number of likely N-dealkylation sites (tertiary alicyclic amines) is 1. The van der Waals surface area contributed by atoms with Crippen molar-refractivity contribution in [1.29, 1.82) is 0 Å². The molecule has 24 heavy (non-hydrogen) atoms. The molecule has 1 aliphatic carbocycles. The molecule has 0 aromatic heterocycles. The zero-order valence-electron chi connectivity index (χ0n) is 15.6. The minimum atomic E-state index is 0.0818. The second-order valence-corrected chi connectivity index (χ2v) is 7.45. The average Bonchev–Trinajstić information content (AvgIpc) is 2.62. The zero-order valence-corrected chi connectivity index (χ0v) is 15.6. The van der Waals surface area contributed by atoms with E-state index in [0.717, 1.165) is 38.8 Å². The van der Waals surface area contributed by atoms with Crippen LogP contribution in [0, 0.1) is 5.92 Å². The first-order valence-electron chi connectivity index (χ1n) is 9.92. The zero-order chi connectivity index (χ0) is 17.4. The number of piperidine rings is 1. The summed E-state index contributed by atoms with van der Waals surface area (Å²) in [7, 11) is 1.87. The van der Waals surface area contributed by atoms with Crippen LogP contribution in [0.1, 0.15) is 71.1 Å². The van der Waals surface area contributed by atoms with Gasteiger partial charge in [0.15, 0.2) is 0 Å². The predicted octanol–water partition coefficient (Wildman–Crippen LogP) is 3.39. The van der Waals surface area contributed by atoms with E-state index in [1.807, 2.05) is 11.9 Å². The summed E-state index contributed by atoms with van der Waals surface area (Å²) in [6, 6.07) is 0.535. The molecule has 5 nitrogen and oxygen atoms in total. The van der Waals surface area contributed by atoms with Crippen molar-refractivity contribution >= 4 is 11.9 Å². The third kappa shape index (κ3) is 5.38. The standard InChI is InChI=1S/C19H35N3O2/c1-3-4-14-21(2)18(23)12-7-13-20-19(24)22-15-8-10-16-9-5-6-11-17(16)22/h16-17H,3-15H2,1-2H3,(H,20,24). The fourth-order valence-corrected chi connectivity index (χ4v) is 4.12. The van der Waals surface area contributed by atoms with Crippen molar-refractivity contribution in [2.45, 2.75) is 77.2 Å². The largest absolute Gasteiger partial charge is 0.346 e. The molecular weight excluding hydrogens is 302 g/mol. The van der Waals surface area contributed by atoms with Gasteiger partial charge in [-0.05, 0) is 44.4 Å². The first-order chi connectivity index (χ1) is 11.6. The van der Waals surface area contributed by atoms with Gasteiger partial charge in [0.2, 0.25) is 5.91 Å². The molecule has 0 aromatic rings. The molecule has 3 amide bonds. The maximum absolute atomic E-state index is 12.5. The number of hydrogen-bond acceptors (Lipinski definition) is 2. The van der Waals surface area contributed by atoms with Gasteiger partial charge in [0.1, 0.15) is 0 Å². The summed E-state index contributed by atoms with van der Waals surface area (Å²) in [6.07, 6.45) is 10.8. The molecule has 0 radical (unpaired) electrons. The average molecular weight is 338 g/mol. The van der Waals surface area contributed by atoms with Gasteiger partial charge >= 0.3 is 6.03 Å². The first kappa shape index (κ1) is 19.1. The van der Waals surface area contributed by atoms with Crippen molar-refractivity contribution in [3.8, 4) is 0 Å². The SMILES string of the molecule is CCCCN(C)C(=O)CCCNC(=O)N1CCCC2CCCCC21. The van der Waals surface area contributed by atoms with Gasteiger partial charge in [-0.3, -0.25) is 4.79 Å². The second-order valence-electron chi connectivity index (χ2n) is 7.45. The Kier molecular flexibility index (Phi) is 7.86. The number of unbranched alkanes of at least 4 members (excludes halogenated alkanes) is 1. The summed E-state index contributed by atoms with van der Waals surface area (Å²) < 4.78 is 0. The van der Waals surface area contributed by atoms with Crippen molar-refractivity contribution < 1.29 is 9.59 Å². The first-order valence-corrected chi connectivity index (χ1v) is 9.92. The third-order valence-corrected chi connectivity index (χ3v) is 5.62. The Balaban J connectivity index is 1.66. The molecule has 2 atom stereocenters. The van der Waals surface area contributed by atoms with Crippen LogP contribution in [-0.2, 0) is 4.79 Å². The molecule has 1 N–H and O–H groups in total. The van der Waals surface area contributed by atoms with Gasteiger partial charge < -0.3 is 15.1 Å². The topological polar surface area (TPSA) is 52.7 Å². The van der Waals surface area contributed by atoms with Crippen molar-refractivity contribution in [2.75, 3.05) is 26.7 Å². The number of carbonyl (C=O) groups excluding carboxylic acids is 2. The Hall–Kier alpha value is -1.26. The maximum atomic E-state index is 12.5. The van der Waals surface area contributed by atoms with Gasteiger partial charge in [0, 0.05) is 39.1 Å². The Morgan fingerprint density at radius 2 is 1.88 bits per heavy atom. The van der Waals surface area contributed by atoms with E-state index in [-0.39, 0.29) is 11.9 Å². The minimum Gasteiger partial charge on any atom is -0.346 e. The van der Waals surface area contributed by atoms with Crippen LogP contribution in [0.25, 0.3) is 0 Å². The number of nitrogens with zero attached hydrogens (tertiary/aromatic N) is 2. The van der Waals surface area contributed by atoms with E-state index in [0.29, 0.717) is 24.9 Å². The molecule has 138 valence electrons. The number of fused-ring (bicyclic) bond motifs is 1. The molecule has 0 aromatic carbocycles. The lowest BCUT2D eigenvalue weighted by Crippen LogP contribution is -2.53. The van der Waals surface area contributed by atoms with Crippen molar-refractivity contribution in [2.24, 2.45) is 5.92 Å². The number of hydrogen-bond donors (Lipinski definition) is 1. The molecule has 2 rings (SSSR count). The fraction of sp³-hybridized carbons (Fsp3) is 0.895. The van der Waals surface area contributed by atoms with Gasteiger partial charge in [-0.2, -0.15) is 0 Å². The number of carbonyl (C=O) groups is 2. The second kappa shape index (κ2) is 9.90. The van der Waals surface area contributed by atoms with E-state index in [4.69, 9.17) is 0 Å². The number of nitrogens with one attached hydrogen (secondary N) is 1. The Morgan fingerprint density at radius 3 is 2.67 bits per heavy atom. The lowest BCUT2D eigenvalue weighted by atomic mass is 9.78. The maximum Gasteiger partial charge on any atom is 0.317 e. The van der Waals surface area contributed by atoms with E-state index in [9.17, 15) is 9.59 Å². The van der Waals surface area contributed by atoms with Crippen LogP contribution < -0.4 is 5.32 Å². The third-order valence-electron chi connectivity index (χ3n) is 5.62. The highest BCUT2D eigenvalue weighted by Crippen LogP contribution is 2.35. The Labute approximate surface area is 147 Å². The Morgan fingerprint density at radius 1 is 1.12 bits per heavy atom. The predicted molar refractivity (Wildman–Crippen MR) is 96.9 cm³/mol. The summed E-state index contributed by atoms with van der Waals surface area (Å²) in [5.41, 5.74) is 0. The van der Waals surface area contributed by atoms with Crippen LogP contribution in [-0.4, -0.2) is 54.5 Å². The van der Waals surface area contributed by atoms with Crippen LogP contribution >= 0.6 is 0 Å². The van der Waals surface area contributed by atoms with Crippen molar-refractivity contribution in [3.63, 3.8) is 0 Å². The molecular formula is C19H35N3O2. The molecule has 0 bridgehead atoms. The summed E-state index contributed by atoms with van der Waals surface area (Å²) in [6.45, 7) is 4.45. The normalized spacial score (nSPS) is 23.5. The monoisotopic (exact) mass is 337 g/mol. The van der Waals surface area contributed by atoms with E-state index in [1.165, 1.54) is 32.1 Å². The lowest BCUT2D eigenvalue weighted by Gasteiger charge is -2.44. The van der Waals surface area contributed by atoms with Crippen molar-refractivity contribution in [3.05, 3.63) is 0 Å². The summed E-state index contributed by atoms with van der Waals surface area (Å²) in [4.78, 5) is 28.4. The minimum absolute atomic E-state index is 0.0818. The van der Waals surface area contributed by atoms with Crippen molar-refractivity contribution in [1.82, 2.24) is 15.1 Å². The molecule has 1 aliphatic heterocycles. The number of rotatable bonds is 7. The van der Waals surface area contributed by atoms with E-state index < -0.39 is 0 Å². The van der Waals surface area contributed by atoms with Gasteiger partial charge in [0.25, 0.3) is 0 Å². The smallest absolute Gasteiger partial charge is 0.317 e. The van der Waals surface area contributed by atoms with E-state index in [1.54, 1.807) is 0 Å². The number of amides is 3. The summed E-state index contributed by atoms with van der Waals surface area (Å²) in [5, 5.41) is 3.04. The van der Waals surface area contributed by atoms with Crippen LogP contribution in [0.2, 0.25) is 0 Å². The highest BCUT2D eigenvalue weighted by atomic mass is 16.2. The summed E-state index contributed by atoms with van der Waals surface area (Å²) >= 11 is 0. The van der Waals surface area contributed by atoms with Gasteiger partial charge in [-0.1, -0.05) is 26.2 Å². The molecule has 2 unspecified atom stereocenters. The van der Waals surface area contributed by atoms with Crippen LogP contribution in [0.5, 0.6) is 0 Å². The molecule has 0 spiro atoms. The van der Waals surface area contributed by atoms with Crippen LogP contribution in [0.15, 0.2) is 0 Å². The molecule has 1 saturated carbocycles. The van der Waals surface area contributed by atoms with Crippen LogP contribution in [0.3, 0.4) is 0 Å². The van der Waals surface area contributed by atoms with E-state index >= 15 is 0 Å². The van der Waals surface area contributed by atoms with Gasteiger partial charge in [-0.15, -0.1) is 0 Å². The summed E-state index contributed by atoms with van der Waals surface area (Å²) in [5.74, 6) is 0.898. The molecule has 1 saturated heterocycles. The Bertz CT molecular complexity index is 411. The van der Waals surface area contributed by atoms with E-state index in [2.05, 4.69) is 17.1 Å². The quantitative estimate of drug-likeness (QED) is 0.724. The number of urea groups is 1. The fourth-order valence-electron chi connectivity index (χ4n) is 4.12. The van der Waals surface area contributed by atoms with Gasteiger partial charge in [-0.25, -0.2) is 4.79 Å². The molecule has 5 heteroatoms. The molecule has 1 heterocycles. The highest BCUT2D eigenvalue weighted by Gasteiger charge is 2.35.